The molecule has 43 heavy (non-hydrogen) atoms. The van der Waals surface area contributed by atoms with Gasteiger partial charge in [-0.1, -0.05) is 91.0 Å². The average Bonchev–Trinajstić information content (AvgIpc) is 3.54. The van der Waals surface area contributed by atoms with Gasteiger partial charge < -0.3 is 4.42 Å². The second-order valence-electron chi connectivity index (χ2n) is 13.2. The van der Waals surface area contributed by atoms with Crippen LogP contribution >= 0.6 is 0 Å². The summed E-state index contributed by atoms with van der Waals surface area (Å²) in [6.45, 7) is 0. The number of rotatable bonds is 5. The molecule has 4 fully saturated rings. The predicted molar refractivity (Wildman–Crippen MR) is 171 cm³/mol. The molecule has 0 N–H and O–H groups in total. The third-order valence-electron chi connectivity index (χ3n) is 10.4. The van der Waals surface area contributed by atoms with E-state index in [2.05, 4.69) is 89.9 Å². The first-order chi connectivity index (χ1) is 21.2. The van der Waals surface area contributed by atoms with Gasteiger partial charge >= 0.3 is 0 Å². The monoisotopic (exact) mass is 559 g/mol. The van der Waals surface area contributed by atoms with Gasteiger partial charge in [0.05, 0.1) is 11.4 Å². The van der Waals surface area contributed by atoms with E-state index in [1.54, 1.807) is 0 Å². The Morgan fingerprint density at radius 3 is 1.86 bits per heavy atom. The van der Waals surface area contributed by atoms with Crippen molar-refractivity contribution in [1.29, 1.82) is 0 Å². The molecule has 4 aliphatic carbocycles. The summed E-state index contributed by atoms with van der Waals surface area (Å²) in [6, 6.07) is 36.4. The van der Waals surface area contributed by atoms with E-state index in [1.807, 2.05) is 18.2 Å². The molecule has 210 valence electrons. The van der Waals surface area contributed by atoms with Crippen LogP contribution in [-0.4, -0.2) is 15.0 Å². The Morgan fingerprint density at radius 1 is 0.581 bits per heavy atom. The van der Waals surface area contributed by atoms with E-state index >= 15 is 0 Å². The van der Waals surface area contributed by atoms with Crippen LogP contribution < -0.4 is 0 Å². The Balaban J connectivity index is 1.09. The number of fused-ring (bicyclic) bond motifs is 1. The van der Waals surface area contributed by atoms with Gasteiger partial charge in [-0.2, -0.15) is 0 Å². The van der Waals surface area contributed by atoms with Gasteiger partial charge in [-0.15, -0.1) is 0 Å². The second-order valence-corrected chi connectivity index (χ2v) is 13.2. The number of benzene rings is 4. The first kappa shape index (κ1) is 25.0. The number of oxazole rings is 1. The van der Waals surface area contributed by atoms with E-state index in [9.17, 15) is 0 Å². The van der Waals surface area contributed by atoms with Gasteiger partial charge in [0.2, 0.25) is 0 Å². The largest absolute Gasteiger partial charge is 0.443 e. The molecule has 10 rings (SSSR count). The number of hydrogen-bond acceptors (Lipinski definition) is 4. The van der Waals surface area contributed by atoms with E-state index in [0.717, 1.165) is 73.9 Å². The van der Waals surface area contributed by atoms with E-state index in [0.29, 0.717) is 5.41 Å². The van der Waals surface area contributed by atoms with Crippen molar-refractivity contribution in [3.8, 4) is 45.0 Å². The predicted octanol–water partition coefficient (Wildman–Crippen LogP) is 9.75. The van der Waals surface area contributed by atoms with Gasteiger partial charge in [-0.3, -0.25) is 0 Å². The van der Waals surface area contributed by atoms with Crippen LogP contribution in [0, 0.1) is 17.8 Å². The maximum Gasteiger partial charge on any atom is 0.182 e. The van der Waals surface area contributed by atoms with Crippen LogP contribution in [0.4, 0.5) is 0 Å². The van der Waals surface area contributed by atoms with Crippen molar-refractivity contribution in [2.24, 2.45) is 17.8 Å². The Bertz CT molecular complexity index is 1900. The van der Waals surface area contributed by atoms with E-state index in [1.165, 1.54) is 50.5 Å². The van der Waals surface area contributed by atoms with Crippen LogP contribution in [-0.2, 0) is 5.41 Å². The van der Waals surface area contributed by atoms with E-state index < -0.39 is 0 Å². The Morgan fingerprint density at radius 2 is 1.19 bits per heavy atom. The van der Waals surface area contributed by atoms with Crippen LogP contribution in [0.1, 0.15) is 44.1 Å². The standard InChI is InChI=1S/C39H33N3O/c1-2-5-29(6-3-1)35-20-36(30-11-9-28(10-12-30)33-7-4-8-34-37(33)43-24-40-34)42-38(41-35)31-13-15-32(16-14-31)39-21-25-17-26(22-39)19-27(18-25)23-39/h1-16,20,24-27H,17-19,21-23H2. The van der Waals surface area contributed by atoms with Crippen LogP contribution in [0.25, 0.3) is 56.1 Å². The molecule has 0 aliphatic heterocycles. The van der Waals surface area contributed by atoms with Gasteiger partial charge in [-0.25, -0.2) is 15.0 Å². The zero-order valence-electron chi connectivity index (χ0n) is 24.1. The topological polar surface area (TPSA) is 51.8 Å². The minimum atomic E-state index is 0.392. The zero-order valence-corrected chi connectivity index (χ0v) is 24.1. The fourth-order valence-corrected chi connectivity index (χ4v) is 8.85. The van der Waals surface area contributed by atoms with Crippen LogP contribution in [0.2, 0.25) is 0 Å². The van der Waals surface area contributed by atoms with Crippen LogP contribution in [0.3, 0.4) is 0 Å². The Kier molecular flexibility index (Phi) is 5.65. The summed E-state index contributed by atoms with van der Waals surface area (Å²) < 4.78 is 5.69. The summed E-state index contributed by atoms with van der Waals surface area (Å²) in [7, 11) is 0. The van der Waals surface area contributed by atoms with Crippen molar-refractivity contribution >= 4 is 11.1 Å². The fraction of sp³-hybridized carbons (Fsp3) is 0.256. The highest BCUT2D eigenvalue weighted by molar-refractivity contribution is 5.90. The molecule has 0 unspecified atom stereocenters. The maximum absolute atomic E-state index is 5.69. The van der Waals surface area contributed by atoms with E-state index in [-0.39, 0.29) is 0 Å². The third kappa shape index (κ3) is 4.31. The van der Waals surface area contributed by atoms with Crippen molar-refractivity contribution < 1.29 is 4.42 Å². The molecule has 6 aromatic rings. The molecule has 0 radical (unpaired) electrons. The molecule has 0 saturated heterocycles. The molecule has 4 aliphatic rings. The first-order valence-corrected chi connectivity index (χ1v) is 15.7. The Hall–Kier alpha value is -4.57. The average molecular weight is 560 g/mol. The third-order valence-corrected chi connectivity index (χ3v) is 10.4. The minimum absolute atomic E-state index is 0.392. The summed E-state index contributed by atoms with van der Waals surface area (Å²) in [5, 5.41) is 0. The zero-order chi connectivity index (χ0) is 28.4. The summed E-state index contributed by atoms with van der Waals surface area (Å²) >= 11 is 0. The van der Waals surface area contributed by atoms with Crippen LogP contribution in [0.5, 0.6) is 0 Å². The van der Waals surface area contributed by atoms with Crippen molar-refractivity contribution in [2.75, 3.05) is 0 Å². The summed E-state index contributed by atoms with van der Waals surface area (Å²) in [5.74, 6) is 3.59. The summed E-state index contributed by atoms with van der Waals surface area (Å²) in [6.07, 6.45) is 10.0. The van der Waals surface area contributed by atoms with Crippen molar-refractivity contribution in [2.45, 2.75) is 43.9 Å². The van der Waals surface area contributed by atoms with Gasteiger partial charge in [0.1, 0.15) is 5.52 Å². The molecule has 2 heterocycles. The molecule has 4 saturated carbocycles. The van der Waals surface area contributed by atoms with Crippen molar-refractivity contribution in [1.82, 2.24) is 15.0 Å². The SMILES string of the molecule is c1ccc(-c2cc(-c3ccc(-c4cccc5ncoc45)cc3)nc(-c3ccc(C45CC6CC(CC(C6)C4)C5)cc3)n2)cc1. The number of nitrogens with zero attached hydrogens (tertiary/aromatic N) is 3. The lowest BCUT2D eigenvalue weighted by Gasteiger charge is -2.57. The van der Waals surface area contributed by atoms with Gasteiger partial charge in [0.15, 0.2) is 17.8 Å². The highest BCUT2D eigenvalue weighted by atomic mass is 16.3. The minimum Gasteiger partial charge on any atom is -0.443 e. The second kappa shape index (κ2) is 9.74. The first-order valence-electron chi connectivity index (χ1n) is 15.7. The van der Waals surface area contributed by atoms with Crippen LogP contribution in [0.15, 0.2) is 114 Å². The fourth-order valence-electron chi connectivity index (χ4n) is 8.85. The Labute approximate surface area is 251 Å². The van der Waals surface area contributed by atoms with Crippen molar-refractivity contribution in [3.63, 3.8) is 0 Å². The smallest absolute Gasteiger partial charge is 0.182 e. The lowest BCUT2D eigenvalue weighted by molar-refractivity contribution is -0.00518. The molecule has 2 aromatic heterocycles. The highest BCUT2D eigenvalue weighted by Crippen LogP contribution is 2.60. The molecular formula is C39H33N3O. The normalized spacial score (nSPS) is 24.0. The molecule has 4 aromatic carbocycles. The lowest BCUT2D eigenvalue weighted by atomic mass is 9.48. The molecule has 0 atom stereocenters. The lowest BCUT2D eigenvalue weighted by Crippen LogP contribution is -2.48. The molecule has 0 amide bonds. The van der Waals surface area contributed by atoms with Gasteiger partial charge in [0, 0.05) is 22.3 Å². The quantitative estimate of drug-likeness (QED) is 0.211. The molecule has 4 nitrogen and oxygen atoms in total. The molecule has 4 bridgehead atoms. The molecule has 0 spiro atoms. The molecule has 4 heteroatoms. The van der Waals surface area contributed by atoms with Gasteiger partial charge in [0.25, 0.3) is 0 Å². The van der Waals surface area contributed by atoms with E-state index in [4.69, 9.17) is 14.4 Å². The number of hydrogen-bond donors (Lipinski definition) is 0. The summed E-state index contributed by atoms with van der Waals surface area (Å²) in [5.41, 5.74) is 10.8. The highest BCUT2D eigenvalue weighted by Gasteiger charge is 2.51. The number of aromatic nitrogens is 3. The van der Waals surface area contributed by atoms with Crippen molar-refractivity contribution in [3.05, 3.63) is 115 Å². The van der Waals surface area contributed by atoms with Gasteiger partial charge in [-0.05, 0) is 85.0 Å². The summed E-state index contributed by atoms with van der Waals surface area (Å²) in [4.78, 5) is 14.5. The maximum atomic E-state index is 5.69. The molecular weight excluding hydrogens is 526 g/mol. The number of para-hydroxylation sites is 1.